The smallest absolute Gasteiger partial charge is 0.287 e. The zero-order valence-electron chi connectivity index (χ0n) is 15.7. The van der Waals surface area contributed by atoms with Crippen molar-refractivity contribution in [2.24, 2.45) is 5.92 Å². The van der Waals surface area contributed by atoms with Crippen molar-refractivity contribution >= 4 is 16.8 Å². The Morgan fingerprint density at radius 3 is 2.90 bits per heavy atom. The van der Waals surface area contributed by atoms with Gasteiger partial charge in [-0.05, 0) is 30.5 Å². The summed E-state index contributed by atoms with van der Waals surface area (Å²) < 4.78 is 1.83. The van der Waals surface area contributed by atoms with Gasteiger partial charge in [0.2, 0.25) is 0 Å². The highest BCUT2D eigenvalue weighted by atomic mass is 16.2. The zero-order chi connectivity index (χ0) is 20.0. The maximum absolute atomic E-state index is 12.7. The van der Waals surface area contributed by atoms with E-state index in [2.05, 4.69) is 20.6 Å². The summed E-state index contributed by atoms with van der Waals surface area (Å²) in [4.78, 5) is 44.3. The lowest BCUT2D eigenvalue weighted by atomic mass is 9.79. The van der Waals surface area contributed by atoms with Crippen LogP contribution in [0.15, 0.2) is 52.1 Å². The highest BCUT2D eigenvalue weighted by molar-refractivity contribution is 5.92. The standard InChI is InChI=1S/C21H21N5O3/c27-18-7-3-6-16-12-8-13(10-22-9-12)17(26(16)18)11-23-21(29)19-24-15-5-2-1-4-14(15)20(28)25-19/h1-7,12-13,17,22H,8-11H2,(H,23,29)(H,24,25,28)/t12-,13+,17+/m1/s1. The predicted molar refractivity (Wildman–Crippen MR) is 108 cm³/mol. The second kappa shape index (κ2) is 6.97. The third-order valence-corrected chi connectivity index (χ3v) is 6.00. The van der Waals surface area contributed by atoms with E-state index in [1.54, 1.807) is 36.4 Å². The Morgan fingerprint density at radius 2 is 2.00 bits per heavy atom. The van der Waals surface area contributed by atoms with E-state index in [0.29, 0.717) is 23.4 Å². The SMILES string of the molecule is O=C(NC[C@H]1[C@@H]2CNC[C@@H](C2)c2cccc(=O)n21)c1nc2ccccc2c(=O)[nH]1. The van der Waals surface area contributed by atoms with E-state index in [9.17, 15) is 14.4 Å². The zero-order valence-corrected chi connectivity index (χ0v) is 15.7. The summed E-state index contributed by atoms with van der Waals surface area (Å²) >= 11 is 0. The van der Waals surface area contributed by atoms with Gasteiger partial charge in [0.1, 0.15) is 0 Å². The number of para-hydroxylation sites is 1. The molecular formula is C21H21N5O3. The number of amides is 1. The fourth-order valence-electron chi connectivity index (χ4n) is 4.64. The summed E-state index contributed by atoms with van der Waals surface area (Å²) in [5.74, 6) is 0.0902. The monoisotopic (exact) mass is 391 g/mol. The van der Waals surface area contributed by atoms with Gasteiger partial charge in [-0.2, -0.15) is 0 Å². The number of hydrogen-bond donors (Lipinski definition) is 3. The van der Waals surface area contributed by atoms with Gasteiger partial charge in [0, 0.05) is 37.3 Å². The number of nitrogens with zero attached hydrogens (tertiary/aromatic N) is 2. The van der Waals surface area contributed by atoms with Crippen molar-refractivity contribution < 1.29 is 4.79 Å². The Morgan fingerprint density at radius 1 is 1.14 bits per heavy atom. The largest absolute Gasteiger partial charge is 0.347 e. The van der Waals surface area contributed by atoms with Crippen LogP contribution in [-0.4, -0.2) is 40.1 Å². The second-order valence-corrected chi connectivity index (χ2v) is 7.72. The number of nitrogens with one attached hydrogen (secondary N) is 3. The second-order valence-electron chi connectivity index (χ2n) is 7.72. The summed E-state index contributed by atoms with van der Waals surface area (Å²) in [6.07, 6.45) is 0.988. The van der Waals surface area contributed by atoms with Crippen molar-refractivity contribution in [2.75, 3.05) is 19.6 Å². The van der Waals surface area contributed by atoms with Gasteiger partial charge in [0.15, 0.2) is 5.82 Å². The Kier molecular flexibility index (Phi) is 4.28. The average molecular weight is 391 g/mol. The Hall–Kier alpha value is -3.26. The average Bonchev–Trinajstić information content (AvgIpc) is 2.74. The van der Waals surface area contributed by atoms with Crippen LogP contribution >= 0.6 is 0 Å². The van der Waals surface area contributed by atoms with Crippen LogP contribution < -0.4 is 21.8 Å². The number of rotatable bonds is 3. The number of fused-ring (bicyclic) bond motifs is 5. The fourth-order valence-corrected chi connectivity index (χ4v) is 4.64. The molecular weight excluding hydrogens is 370 g/mol. The lowest BCUT2D eigenvalue weighted by molar-refractivity contribution is 0.0922. The van der Waals surface area contributed by atoms with Crippen LogP contribution in [0.4, 0.5) is 0 Å². The molecule has 3 N–H and O–H groups in total. The van der Waals surface area contributed by atoms with E-state index < -0.39 is 5.91 Å². The van der Waals surface area contributed by atoms with Gasteiger partial charge >= 0.3 is 0 Å². The Bertz CT molecular complexity index is 1210. The van der Waals surface area contributed by atoms with Crippen LogP contribution in [-0.2, 0) is 0 Å². The summed E-state index contributed by atoms with van der Waals surface area (Å²) in [6, 6.07) is 12.1. The topological polar surface area (TPSA) is 109 Å². The minimum atomic E-state index is -0.454. The molecule has 2 aromatic heterocycles. The van der Waals surface area contributed by atoms with Crippen molar-refractivity contribution in [2.45, 2.75) is 18.4 Å². The number of aromatic nitrogens is 3. The summed E-state index contributed by atoms with van der Waals surface area (Å²) in [5, 5.41) is 6.75. The van der Waals surface area contributed by atoms with Crippen molar-refractivity contribution in [3.8, 4) is 0 Å². The minimum absolute atomic E-state index is 0.0233. The first-order valence-electron chi connectivity index (χ1n) is 9.81. The molecule has 5 rings (SSSR count). The molecule has 2 bridgehead atoms. The molecule has 1 aromatic carbocycles. The molecule has 0 aliphatic carbocycles. The number of aromatic amines is 1. The normalized spacial score (nSPS) is 22.8. The number of carbonyl (C=O) groups excluding carboxylic acids is 1. The summed E-state index contributed by atoms with van der Waals surface area (Å²) in [5.41, 5.74) is 1.09. The molecule has 1 fully saturated rings. The van der Waals surface area contributed by atoms with Crippen molar-refractivity contribution in [1.82, 2.24) is 25.2 Å². The van der Waals surface area contributed by atoms with E-state index in [-0.39, 0.29) is 28.9 Å². The lowest BCUT2D eigenvalue weighted by Crippen LogP contribution is -2.50. The van der Waals surface area contributed by atoms with Gasteiger partial charge in [0.05, 0.1) is 16.9 Å². The van der Waals surface area contributed by atoms with E-state index in [4.69, 9.17) is 0 Å². The molecule has 8 nitrogen and oxygen atoms in total. The number of hydrogen-bond acceptors (Lipinski definition) is 5. The van der Waals surface area contributed by atoms with E-state index in [0.717, 1.165) is 25.2 Å². The van der Waals surface area contributed by atoms with Crippen LogP contribution in [0.25, 0.3) is 10.9 Å². The lowest BCUT2D eigenvalue weighted by Gasteiger charge is -2.43. The van der Waals surface area contributed by atoms with Crippen LogP contribution in [0.1, 0.15) is 34.7 Å². The van der Waals surface area contributed by atoms with Crippen molar-refractivity contribution in [3.05, 3.63) is 74.7 Å². The first-order valence-corrected chi connectivity index (χ1v) is 9.81. The number of H-pyrrole nitrogens is 1. The fraction of sp³-hybridized carbons (Fsp3) is 0.333. The molecule has 2 aliphatic rings. The first-order chi connectivity index (χ1) is 14.1. The predicted octanol–water partition coefficient (Wildman–Crippen LogP) is 0.763. The molecule has 1 amide bonds. The molecule has 3 aromatic rings. The van der Waals surface area contributed by atoms with E-state index in [1.165, 1.54) is 0 Å². The number of piperidine rings is 1. The molecule has 8 heteroatoms. The quantitative estimate of drug-likeness (QED) is 0.611. The van der Waals surface area contributed by atoms with Crippen LogP contribution in [0.3, 0.4) is 0 Å². The Labute approximate surface area is 166 Å². The van der Waals surface area contributed by atoms with Crippen molar-refractivity contribution in [1.29, 1.82) is 0 Å². The van der Waals surface area contributed by atoms with Gasteiger partial charge in [0.25, 0.3) is 17.0 Å². The molecule has 1 saturated heterocycles. The molecule has 0 unspecified atom stereocenters. The van der Waals surface area contributed by atoms with Gasteiger partial charge in [-0.15, -0.1) is 0 Å². The molecule has 0 radical (unpaired) electrons. The van der Waals surface area contributed by atoms with Gasteiger partial charge in [-0.25, -0.2) is 4.98 Å². The van der Waals surface area contributed by atoms with Crippen LogP contribution in [0.2, 0.25) is 0 Å². The van der Waals surface area contributed by atoms with E-state index in [1.807, 2.05) is 10.6 Å². The van der Waals surface area contributed by atoms with Crippen molar-refractivity contribution in [3.63, 3.8) is 0 Å². The highest BCUT2D eigenvalue weighted by Gasteiger charge is 2.37. The maximum atomic E-state index is 12.7. The van der Waals surface area contributed by atoms with Gasteiger partial charge in [-0.1, -0.05) is 18.2 Å². The molecule has 29 heavy (non-hydrogen) atoms. The highest BCUT2D eigenvalue weighted by Crippen LogP contribution is 2.38. The molecule has 0 spiro atoms. The molecule has 0 saturated carbocycles. The molecule has 4 heterocycles. The third-order valence-electron chi connectivity index (χ3n) is 6.00. The summed E-state index contributed by atoms with van der Waals surface area (Å²) in [6.45, 7) is 1.97. The third kappa shape index (κ3) is 3.05. The molecule has 3 atom stereocenters. The van der Waals surface area contributed by atoms with Gasteiger partial charge < -0.3 is 20.2 Å². The van der Waals surface area contributed by atoms with Crippen LogP contribution in [0.5, 0.6) is 0 Å². The number of pyridine rings is 1. The maximum Gasteiger partial charge on any atom is 0.287 e. The Balaban J connectivity index is 1.43. The first kappa shape index (κ1) is 17.8. The van der Waals surface area contributed by atoms with Crippen LogP contribution in [0, 0.1) is 5.92 Å². The molecule has 2 aliphatic heterocycles. The van der Waals surface area contributed by atoms with E-state index >= 15 is 0 Å². The van der Waals surface area contributed by atoms with Gasteiger partial charge in [-0.3, -0.25) is 14.4 Å². The number of benzene rings is 1. The minimum Gasteiger partial charge on any atom is -0.347 e. The molecule has 148 valence electrons. The summed E-state index contributed by atoms with van der Waals surface area (Å²) in [7, 11) is 0. The number of carbonyl (C=O) groups is 1.